The van der Waals surface area contributed by atoms with Crippen molar-refractivity contribution in [2.24, 2.45) is 0 Å². The van der Waals surface area contributed by atoms with E-state index in [1.807, 2.05) is 6.92 Å². The van der Waals surface area contributed by atoms with Crippen LogP contribution in [0.25, 0.3) is 5.69 Å². The molecular formula is C13H16N2S. The first-order valence-electron chi connectivity index (χ1n) is 5.50. The molecule has 0 bridgehead atoms. The number of H-pyrrole nitrogens is 1. The Morgan fingerprint density at radius 1 is 1.31 bits per heavy atom. The van der Waals surface area contributed by atoms with Crippen LogP contribution in [0.3, 0.4) is 0 Å². The topological polar surface area (TPSA) is 20.7 Å². The van der Waals surface area contributed by atoms with Crippen molar-refractivity contribution in [3.05, 3.63) is 46.0 Å². The average Bonchev–Trinajstić information content (AvgIpc) is 2.57. The highest BCUT2D eigenvalue weighted by atomic mass is 32.1. The van der Waals surface area contributed by atoms with Crippen molar-refractivity contribution < 1.29 is 0 Å². The monoisotopic (exact) mass is 232 g/mol. The van der Waals surface area contributed by atoms with Crippen LogP contribution in [0.1, 0.15) is 23.7 Å². The van der Waals surface area contributed by atoms with Crippen LogP contribution in [0, 0.1) is 18.6 Å². The van der Waals surface area contributed by atoms with Gasteiger partial charge in [0, 0.05) is 11.9 Å². The molecule has 0 aliphatic heterocycles. The summed E-state index contributed by atoms with van der Waals surface area (Å²) in [6.45, 7) is 6.32. The minimum absolute atomic E-state index is 0.765. The van der Waals surface area contributed by atoms with Crippen molar-refractivity contribution in [3.63, 3.8) is 0 Å². The van der Waals surface area contributed by atoms with Crippen LogP contribution in [0.4, 0.5) is 0 Å². The number of para-hydroxylation sites is 1. The fraction of sp³-hybridized carbons (Fsp3) is 0.308. The Morgan fingerprint density at radius 2 is 2.06 bits per heavy atom. The second-order valence-electron chi connectivity index (χ2n) is 4.05. The zero-order chi connectivity index (χ0) is 11.7. The van der Waals surface area contributed by atoms with Crippen molar-refractivity contribution in [2.45, 2.75) is 27.2 Å². The van der Waals surface area contributed by atoms with E-state index in [2.05, 4.69) is 47.8 Å². The number of aromatic nitrogens is 2. The summed E-state index contributed by atoms with van der Waals surface area (Å²) in [5.74, 6) is 0. The molecule has 84 valence electrons. The molecule has 0 saturated heterocycles. The van der Waals surface area contributed by atoms with E-state index < -0.39 is 0 Å². The van der Waals surface area contributed by atoms with Crippen molar-refractivity contribution in [2.75, 3.05) is 0 Å². The van der Waals surface area contributed by atoms with E-state index >= 15 is 0 Å². The maximum absolute atomic E-state index is 5.33. The number of imidazole rings is 1. The molecular weight excluding hydrogens is 216 g/mol. The number of rotatable bonds is 2. The minimum Gasteiger partial charge on any atom is -0.335 e. The Bertz CT molecular complexity index is 564. The summed E-state index contributed by atoms with van der Waals surface area (Å²) in [4.78, 5) is 3.16. The van der Waals surface area contributed by atoms with Crippen LogP contribution in [0.5, 0.6) is 0 Å². The van der Waals surface area contributed by atoms with E-state index in [0.717, 1.165) is 16.9 Å². The number of nitrogens with zero attached hydrogens (tertiary/aromatic N) is 1. The van der Waals surface area contributed by atoms with E-state index in [4.69, 9.17) is 12.2 Å². The largest absolute Gasteiger partial charge is 0.335 e. The summed E-state index contributed by atoms with van der Waals surface area (Å²) in [6.07, 6.45) is 3.08. The molecule has 2 nitrogen and oxygen atoms in total. The first-order valence-corrected chi connectivity index (χ1v) is 5.91. The molecule has 3 heteroatoms. The Morgan fingerprint density at radius 3 is 2.62 bits per heavy atom. The first kappa shape index (κ1) is 11.1. The highest BCUT2D eigenvalue weighted by Gasteiger charge is 2.07. The summed E-state index contributed by atoms with van der Waals surface area (Å²) in [5.41, 5.74) is 4.90. The predicted octanol–water partition coefficient (Wildman–Crippen LogP) is 3.71. The van der Waals surface area contributed by atoms with Crippen LogP contribution in [0.15, 0.2) is 24.4 Å². The molecule has 2 aromatic rings. The number of hydrogen-bond donors (Lipinski definition) is 1. The van der Waals surface area contributed by atoms with Crippen LogP contribution >= 0.6 is 12.2 Å². The molecule has 1 aromatic carbocycles. The molecule has 0 fully saturated rings. The van der Waals surface area contributed by atoms with E-state index in [1.165, 1.54) is 16.8 Å². The Labute approximate surface area is 101 Å². The molecule has 1 aromatic heterocycles. The summed E-state index contributed by atoms with van der Waals surface area (Å²) in [7, 11) is 0. The third-order valence-electron chi connectivity index (χ3n) is 2.79. The lowest BCUT2D eigenvalue weighted by atomic mass is 10.1. The molecule has 2 rings (SSSR count). The quantitative estimate of drug-likeness (QED) is 0.783. The molecule has 0 spiro atoms. The molecule has 0 aliphatic rings. The number of benzene rings is 1. The van der Waals surface area contributed by atoms with E-state index in [0.29, 0.717) is 0 Å². The van der Waals surface area contributed by atoms with Crippen LogP contribution in [-0.4, -0.2) is 9.55 Å². The maximum Gasteiger partial charge on any atom is 0.182 e. The Kier molecular flexibility index (Phi) is 2.97. The Hall–Kier alpha value is -1.35. The molecule has 0 atom stereocenters. The summed E-state index contributed by atoms with van der Waals surface area (Å²) < 4.78 is 2.83. The SMILES string of the molecule is CCc1cccc(C)c1-n1cc(C)[nH]c1=S. The van der Waals surface area contributed by atoms with Gasteiger partial charge in [0.25, 0.3) is 0 Å². The number of aryl methyl sites for hydroxylation is 3. The highest BCUT2D eigenvalue weighted by molar-refractivity contribution is 7.71. The summed E-state index contributed by atoms with van der Waals surface area (Å²) >= 11 is 5.33. The highest BCUT2D eigenvalue weighted by Crippen LogP contribution is 2.20. The van der Waals surface area contributed by atoms with Gasteiger partial charge >= 0.3 is 0 Å². The van der Waals surface area contributed by atoms with Gasteiger partial charge in [-0.15, -0.1) is 0 Å². The second kappa shape index (κ2) is 4.26. The van der Waals surface area contributed by atoms with Crippen LogP contribution in [-0.2, 0) is 6.42 Å². The minimum atomic E-state index is 0.765. The molecule has 0 aliphatic carbocycles. The van der Waals surface area contributed by atoms with Crippen molar-refractivity contribution in [1.82, 2.24) is 9.55 Å². The van der Waals surface area contributed by atoms with Gasteiger partial charge in [0.15, 0.2) is 4.77 Å². The van der Waals surface area contributed by atoms with Crippen LogP contribution in [0.2, 0.25) is 0 Å². The van der Waals surface area contributed by atoms with Gasteiger partial charge in [-0.2, -0.15) is 0 Å². The second-order valence-corrected chi connectivity index (χ2v) is 4.44. The van der Waals surface area contributed by atoms with E-state index in [9.17, 15) is 0 Å². The van der Waals surface area contributed by atoms with Gasteiger partial charge in [0.05, 0.1) is 5.69 Å². The summed E-state index contributed by atoms with van der Waals surface area (Å²) in [6, 6.07) is 6.38. The van der Waals surface area contributed by atoms with Gasteiger partial charge in [-0.05, 0) is 43.6 Å². The summed E-state index contributed by atoms with van der Waals surface area (Å²) in [5, 5.41) is 0. The van der Waals surface area contributed by atoms with Gasteiger partial charge < -0.3 is 4.98 Å². The molecule has 1 heterocycles. The lowest BCUT2D eigenvalue weighted by Gasteiger charge is -2.11. The fourth-order valence-electron chi connectivity index (χ4n) is 2.03. The van der Waals surface area contributed by atoms with Crippen molar-refractivity contribution in [1.29, 1.82) is 0 Å². The smallest absolute Gasteiger partial charge is 0.182 e. The molecule has 0 saturated carbocycles. The molecule has 0 unspecified atom stereocenters. The van der Waals surface area contributed by atoms with Crippen molar-refractivity contribution in [3.8, 4) is 5.69 Å². The standard InChI is InChI=1S/C13H16N2S/c1-4-11-7-5-6-9(2)12(11)15-8-10(3)14-13(15)16/h5-8H,4H2,1-3H3,(H,14,16). The van der Waals surface area contributed by atoms with E-state index in [1.54, 1.807) is 0 Å². The number of aromatic amines is 1. The molecule has 0 amide bonds. The number of hydrogen-bond acceptors (Lipinski definition) is 1. The zero-order valence-electron chi connectivity index (χ0n) is 9.87. The van der Waals surface area contributed by atoms with Crippen LogP contribution < -0.4 is 0 Å². The third kappa shape index (κ3) is 1.83. The van der Waals surface area contributed by atoms with Gasteiger partial charge in [-0.1, -0.05) is 25.1 Å². The lowest BCUT2D eigenvalue weighted by molar-refractivity contribution is 0.973. The third-order valence-corrected chi connectivity index (χ3v) is 3.09. The molecule has 1 N–H and O–H groups in total. The van der Waals surface area contributed by atoms with Gasteiger partial charge in [-0.25, -0.2) is 0 Å². The Balaban J connectivity index is 2.72. The van der Waals surface area contributed by atoms with E-state index in [-0.39, 0.29) is 0 Å². The average molecular weight is 232 g/mol. The van der Waals surface area contributed by atoms with Gasteiger partial charge in [0.1, 0.15) is 0 Å². The maximum atomic E-state index is 5.33. The fourth-order valence-corrected chi connectivity index (χ4v) is 2.33. The predicted molar refractivity (Wildman–Crippen MR) is 69.8 cm³/mol. The lowest BCUT2D eigenvalue weighted by Crippen LogP contribution is -2.00. The first-order chi connectivity index (χ1) is 7.63. The van der Waals surface area contributed by atoms with Gasteiger partial charge in [0.2, 0.25) is 0 Å². The van der Waals surface area contributed by atoms with Gasteiger partial charge in [-0.3, -0.25) is 4.57 Å². The molecule has 0 radical (unpaired) electrons. The van der Waals surface area contributed by atoms with Crippen molar-refractivity contribution >= 4 is 12.2 Å². The zero-order valence-corrected chi connectivity index (χ0v) is 10.7. The number of nitrogens with one attached hydrogen (secondary N) is 1. The molecule has 16 heavy (non-hydrogen) atoms. The normalized spacial score (nSPS) is 10.7.